The highest BCUT2D eigenvalue weighted by Crippen LogP contribution is 2.57. The number of phenolic OH excluding ortho intramolecular Hbond substituents is 2. The predicted molar refractivity (Wildman–Crippen MR) is 97.7 cm³/mol. The number of phenols is 2. The Bertz CT molecular complexity index is 936. The summed E-state index contributed by atoms with van der Waals surface area (Å²) in [6.45, 7) is 2.06. The van der Waals surface area contributed by atoms with E-state index in [0.717, 1.165) is 13.8 Å². The van der Waals surface area contributed by atoms with Gasteiger partial charge in [-0.05, 0) is 35.4 Å². The van der Waals surface area contributed by atoms with Crippen molar-refractivity contribution in [3.8, 4) is 11.5 Å². The van der Waals surface area contributed by atoms with Crippen LogP contribution in [0.25, 0.3) is 0 Å². The van der Waals surface area contributed by atoms with Crippen LogP contribution in [-0.2, 0) is 15.0 Å². The van der Waals surface area contributed by atoms with Gasteiger partial charge in [0.15, 0.2) is 0 Å². The molecule has 0 atom stereocenters. The van der Waals surface area contributed by atoms with Crippen molar-refractivity contribution in [1.29, 1.82) is 0 Å². The van der Waals surface area contributed by atoms with Gasteiger partial charge in [0.25, 0.3) is 0 Å². The molecule has 0 aromatic heterocycles. The summed E-state index contributed by atoms with van der Waals surface area (Å²) < 4.78 is 84.6. The third kappa shape index (κ3) is 4.37. The molecule has 0 aliphatic carbocycles. The number of hydrogen-bond donors (Lipinski definition) is 4. The molecule has 168 valence electrons. The highest BCUT2D eigenvalue weighted by atomic mass is 19.4. The summed E-state index contributed by atoms with van der Waals surface area (Å²) in [5.41, 5.74) is -8.22. The molecule has 2 amide bonds. The largest absolute Gasteiger partial charge is 0.506 e. The molecule has 2 aromatic rings. The van der Waals surface area contributed by atoms with Crippen LogP contribution < -0.4 is 10.6 Å². The molecule has 0 fully saturated rings. The van der Waals surface area contributed by atoms with Crippen LogP contribution in [-0.4, -0.2) is 34.4 Å². The zero-order valence-electron chi connectivity index (χ0n) is 15.9. The lowest BCUT2D eigenvalue weighted by molar-refractivity contribution is -0.288. The van der Waals surface area contributed by atoms with E-state index in [-0.39, 0.29) is 12.1 Å². The predicted octanol–water partition coefficient (Wildman–Crippen LogP) is 4.43. The minimum atomic E-state index is -5.96. The average Bonchev–Trinajstić information content (AvgIpc) is 2.57. The Labute approximate surface area is 171 Å². The number of amides is 2. The fourth-order valence-electron chi connectivity index (χ4n) is 3.10. The molecule has 2 aromatic carbocycles. The third-order valence-corrected chi connectivity index (χ3v) is 4.33. The second-order valence-corrected chi connectivity index (χ2v) is 6.57. The van der Waals surface area contributed by atoms with Crippen LogP contribution in [0.15, 0.2) is 36.4 Å². The molecule has 0 unspecified atom stereocenters. The van der Waals surface area contributed by atoms with Crippen LogP contribution in [0.3, 0.4) is 0 Å². The molecule has 0 aliphatic heterocycles. The summed E-state index contributed by atoms with van der Waals surface area (Å²) in [6.07, 6.45) is -11.9. The monoisotopic (exact) mass is 450 g/mol. The first-order valence-corrected chi connectivity index (χ1v) is 8.47. The smallest absolute Gasteiger partial charge is 0.411 e. The fraction of sp³-hybridized carbons (Fsp3) is 0.263. The van der Waals surface area contributed by atoms with Gasteiger partial charge in [0.05, 0.1) is 11.4 Å². The van der Waals surface area contributed by atoms with Crippen molar-refractivity contribution >= 4 is 23.2 Å². The van der Waals surface area contributed by atoms with Gasteiger partial charge in [-0.15, -0.1) is 0 Å². The van der Waals surface area contributed by atoms with Crippen LogP contribution in [0.5, 0.6) is 11.5 Å². The second-order valence-electron chi connectivity index (χ2n) is 6.57. The minimum Gasteiger partial charge on any atom is -0.506 e. The van der Waals surface area contributed by atoms with Crippen molar-refractivity contribution in [2.24, 2.45) is 0 Å². The lowest BCUT2D eigenvalue weighted by atomic mass is 9.72. The molecule has 2 rings (SSSR count). The van der Waals surface area contributed by atoms with Crippen molar-refractivity contribution in [3.63, 3.8) is 0 Å². The van der Waals surface area contributed by atoms with E-state index in [9.17, 15) is 46.1 Å². The molecule has 6 nitrogen and oxygen atoms in total. The molecule has 0 spiro atoms. The fourth-order valence-corrected chi connectivity index (χ4v) is 3.10. The maximum absolute atomic E-state index is 14.1. The Balaban J connectivity index is 2.84. The summed E-state index contributed by atoms with van der Waals surface area (Å²) in [7, 11) is 0. The maximum Gasteiger partial charge on any atom is 0.411 e. The van der Waals surface area contributed by atoms with Crippen LogP contribution in [0.4, 0.5) is 37.7 Å². The maximum atomic E-state index is 14.1. The highest BCUT2D eigenvalue weighted by molar-refractivity contribution is 5.91. The topological polar surface area (TPSA) is 98.7 Å². The summed E-state index contributed by atoms with van der Waals surface area (Å²) >= 11 is 0. The number of aromatic hydroxyl groups is 2. The SMILES string of the molecule is CC(=O)Nc1ccc(C(c2ccc(NC(C)=O)c(O)c2)(C(F)(F)F)C(F)(F)F)cc1O. The van der Waals surface area contributed by atoms with E-state index in [1.165, 1.54) is 0 Å². The molecule has 0 aliphatic rings. The van der Waals surface area contributed by atoms with E-state index in [1.807, 2.05) is 0 Å². The first-order valence-electron chi connectivity index (χ1n) is 8.47. The van der Waals surface area contributed by atoms with Crippen LogP contribution >= 0.6 is 0 Å². The Morgan fingerprint density at radius 1 is 0.710 bits per heavy atom. The van der Waals surface area contributed by atoms with Gasteiger partial charge in [-0.3, -0.25) is 9.59 Å². The first-order chi connectivity index (χ1) is 14.1. The van der Waals surface area contributed by atoms with Crippen molar-refractivity contribution in [2.45, 2.75) is 31.6 Å². The Kier molecular flexibility index (Phi) is 6.15. The molecule has 0 saturated carbocycles. The molecule has 4 N–H and O–H groups in total. The van der Waals surface area contributed by atoms with Gasteiger partial charge in [-0.1, -0.05) is 12.1 Å². The van der Waals surface area contributed by atoms with Gasteiger partial charge in [-0.25, -0.2) is 0 Å². The van der Waals surface area contributed by atoms with Gasteiger partial charge in [0, 0.05) is 13.8 Å². The Morgan fingerprint density at radius 3 is 1.26 bits per heavy atom. The van der Waals surface area contributed by atoms with E-state index in [1.54, 1.807) is 0 Å². The van der Waals surface area contributed by atoms with Gasteiger partial charge < -0.3 is 20.8 Å². The lowest BCUT2D eigenvalue weighted by Crippen LogP contribution is -2.54. The van der Waals surface area contributed by atoms with E-state index < -0.39 is 63.6 Å². The zero-order chi connectivity index (χ0) is 23.8. The van der Waals surface area contributed by atoms with Crippen molar-refractivity contribution in [3.05, 3.63) is 47.5 Å². The summed E-state index contributed by atoms with van der Waals surface area (Å²) in [5.74, 6) is -3.46. The average molecular weight is 450 g/mol. The first kappa shape index (κ1) is 23.8. The molecule has 0 heterocycles. The molecule has 12 heteroatoms. The van der Waals surface area contributed by atoms with Crippen LogP contribution in [0.1, 0.15) is 25.0 Å². The molecular formula is C19H16F6N2O4. The van der Waals surface area contributed by atoms with Crippen molar-refractivity contribution < 1.29 is 46.1 Å². The number of carbonyl (C=O) groups is 2. The quantitative estimate of drug-likeness (QED) is 0.409. The van der Waals surface area contributed by atoms with Crippen LogP contribution in [0.2, 0.25) is 0 Å². The van der Waals surface area contributed by atoms with Gasteiger partial charge in [-0.2, -0.15) is 26.3 Å². The van der Waals surface area contributed by atoms with E-state index in [0.29, 0.717) is 24.3 Å². The summed E-state index contributed by atoms with van der Waals surface area (Å²) in [6, 6.07) is 2.80. The van der Waals surface area contributed by atoms with Gasteiger partial charge in [0.1, 0.15) is 11.5 Å². The Morgan fingerprint density at radius 2 is 1.03 bits per heavy atom. The van der Waals surface area contributed by atoms with E-state index in [2.05, 4.69) is 10.6 Å². The number of nitrogens with one attached hydrogen (secondary N) is 2. The summed E-state index contributed by atoms with van der Waals surface area (Å²) in [5, 5.41) is 24.0. The van der Waals surface area contributed by atoms with Crippen molar-refractivity contribution in [2.75, 3.05) is 10.6 Å². The Hall–Kier alpha value is -3.44. The highest BCUT2D eigenvalue weighted by Gasteiger charge is 2.72. The molecular weight excluding hydrogens is 434 g/mol. The number of alkyl halides is 6. The number of carbonyl (C=O) groups excluding carboxylic acids is 2. The van der Waals surface area contributed by atoms with Crippen molar-refractivity contribution in [1.82, 2.24) is 0 Å². The number of benzene rings is 2. The van der Waals surface area contributed by atoms with Crippen LogP contribution in [0, 0.1) is 0 Å². The number of anilines is 2. The summed E-state index contributed by atoms with van der Waals surface area (Å²) in [4.78, 5) is 22.2. The molecule has 0 radical (unpaired) electrons. The standard InChI is InChI=1S/C19H16F6N2O4/c1-9(28)26-13-5-3-11(7-15(13)30)17(18(20,21)22,19(23,24)25)12-4-6-14(16(31)8-12)27-10(2)29/h3-8,30-31H,1-2H3,(H,26,28)(H,27,29). The molecule has 31 heavy (non-hydrogen) atoms. The third-order valence-electron chi connectivity index (χ3n) is 4.33. The number of hydrogen-bond acceptors (Lipinski definition) is 4. The van der Waals surface area contributed by atoms with E-state index in [4.69, 9.17) is 0 Å². The normalized spacial score (nSPS) is 12.4. The molecule has 0 saturated heterocycles. The minimum absolute atomic E-state index is 0.241. The lowest BCUT2D eigenvalue weighted by Gasteiger charge is -2.38. The van der Waals surface area contributed by atoms with E-state index >= 15 is 0 Å². The second kappa shape index (κ2) is 8.00. The number of rotatable bonds is 4. The van der Waals surface area contributed by atoms with Gasteiger partial charge >= 0.3 is 12.4 Å². The van der Waals surface area contributed by atoms with Gasteiger partial charge in [0.2, 0.25) is 17.2 Å². The zero-order valence-corrected chi connectivity index (χ0v) is 15.9. The number of halogens is 6. The molecule has 0 bridgehead atoms.